The number of rotatable bonds is 9. The molecule has 0 spiro atoms. The van der Waals surface area contributed by atoms with E-state index in [2.05, 4.69) is 81.6 Å². The van der Waals surface area contributed by atoms with E-state index in [-0.39, 0.29) is 16.0 Å². The van der Waals surface area contributed by atoms with E-state index < -0.39 is 22.7 Å². The van der Waals surface area contributed by atoms with Gasteiger partial charge in [-0.25, -0.2) is 0 Å². The Labute approximate surface area is 165 Å². The van der Waals surface area contributed by atoms with Crippen molar-refractivity contribution in [2.24, 2.45) is 5.92 Å². The van der Waals surface area contributed by atoms with Crippen LogP contribution in [-0.2, 0) is 8.85 Å². The van der Waals surface area contributed by atoms with Gasteiger partial charge in [0, 0.05) is 19.1 Å². The van der Waals surface area contributed by atoms with Crippen LogP contribution in [0.2, 0.25) is 36.3 Å². The van der Waals surface area contributed by atoms with Crippen LogP contribution in [-0.4, -0.2) is 41.1 Å². The van der Waals surface area contributed by atoms with Crippen molar-refractivity contribution in [2.45, 2.75) is 104 Å². The SMILES string of the molecule is C/C(=C\[C@@H](O)[C@@H](C)CO[Si](C)(C)C(C)(C)C)CCO[Si](C)(C)C(C)(C)C. The van der Waals surface area contributed by atoms with E-state index in [9.17, 15) is 5.11 Å². The molecule has 3 nitrogen and oxygen atoms in total. The Morgan fingerprint density at radius 3 is 1.77 bits per heavy atom. The highest BCUT2D eigenvalue weighted by atomic mass is 28.4. The standard InChI is InChI=1S/C21H46O3Si2/c1-17(13-14-23-25(9,10)20(3,4)5)15-19(22)18(2)16-24-26(11,12)21(6,7)8/h15,18-19,22H,13-14,16H2,1-12H3/b17-15+/t18-,19+/m0/s1. The van der Waals surface area contributed by atoms with Crippen molar-refractivity contribution in [3.63, 3.8) is 0 Å². The molecule has 0 saturated heterocycles. The van der Waals surface area contributed by atoms with Crippen molar-refractivity contribution < 1.29 is 14.0 Å². The molecule has 2 atom stereocenters. The zero-order valence-corrected chi connectivity index (χ0v) is 21.6. The smallest absolute Gasteiger partial charge is 0.191 e. The molecule has 156 valence electrons. The van der Waals surface area contributed by atoms with E-state index in [1.807, 2.05) is 6.08 Å². The Hall–Kier alpha value is 0.0538. The molecule has 0 unspecified atom stereocenters. The fourth-order valence-electron chi connectivity index (χ4n) is 1.88. The molecule has 0 saturated carbocycles. The van der Waals surface area contributed by atoms with Crippen molar-refractivity contribution in [3.8, 4) is 0 Å². The average Bonchev–Trinajstić information content (AvgIpc) is 2.41. The van der Waals surface area contributed by atoms with Crippen LogP contribution in [0.4, 0.5) is 0 Å². The van der Waals surface area contributed by atoms with Gasteiger partial charge in [-0.1, -0.05) is 60.1 Å². The topological polar surface area (TPSA) is 38.7 Å². The Bertz CT molecular complexity index is 457. The molecule has 0 amide bonds. The fourth-order valence-corrected chi connectivity index (χ4v) is 4.04. The lowest BCUT2D eigenvalue weighted by Crippen LogP contribution is -2.42. The monoisotopic (exact) mass is 402 g/mol. The molecule has 0 radical (unpaired) electrons. The van der Waals surface area contributed by atoms with Crippen molar-refractivity contribution in [3.05, 3.63) is 11.6 Å². The minimum atomic E-state index is -1.76. The quantitative estimate of drug-likeness (QED) is 0.360. The summed E-state index contributed by atoms with van der Waals surface area (Å²) < 4.78 is 12.5. The molecule has 26 heavy (non-hydrogen) atoms. The predicted octanol–water partition coefficient (Wildman–Crippen LogP) is 6.36. The molecule has 0 aliphatic heterocycles. The van der Waals surface area contributed by atoms with Crippen LogP contribution in [0.5, 0.6) is 0 Å². The highest BCUT2D eigenvalue weighted by Crippen LogP contribution is 2.37. The number of aliphatic hydroxyl groups excluding tert-OH is 1. The first-order valence-corrected chi connectivity index (χ1v) is 15.9. The van der Waals surface area contributed by atoms with Crippen molar-refractivity contribution in [2.75, 3.05) is 13.2 Å². The summed E-state index contributed by atoms with van der Waals surface area (Å²) in [5, 5.41) is 10.9. The Morgan fingerprint density at radius 1 is 0.923 bits per heavy atom. The van der Waals surface area contributed by atoms with E-state index in [1.54, 1.807) is 0 Å². The van der Waals surface area contributed by atoms with Gasteiger partial charge in [-0.05, 0) is 49.6 Å². The van der Waals surface area contributed by atoms with Gasteiger partial charge in [-0.2, -0.15) is 0 Å². The summed E-state index contributed by atoms with van der Waals surface area (Å²) in [5.74, 6) is 0.0976. The molecule has 0 fully saturated rings. The molecule has 0 aliphatic carbocycles. The zero-order chi connectivity index (χ0) is 21.0. The van der Waals surface area contributed by atoms with Crippen LogP contribution in [0.1, 0.15) is 61.8 Å². The lowest BCUT2D eigenvalue weighted by Gasteiger charge is -2.37. The maximum Gasteiger partial charge on any atom is 0.191 e. The highest BCUT2D eigenvalue weighted by Gasteiger charge is 2.38. The maximum absolute atomic E-state index is 10.5. The van der Waals surface area contributed by atoms with Gasteiger partial charge in [0.2, 0.25) is 0 Å². The minimum absolute atomic E-state index is 0.0976. The van der Waals surface area contributed by atoms with E-state index in [1.165, 1.54) is 5.57 Å². The second-order valence-electron chi connectivity index (χ2n) is 10.9. The first-order valence-electron chi connectivity index (χ1n) is 10.0. The third-order valence-electron chi connectivity index (χ3n) is 6.32. The second-order valence-corrected chi connectivity index (χ2v) is 20.5. The number of aliphatic hydroxyl groups is 1. The molecule has 1 N–H and O–H groups in total. The molecule has 0 aromatic carbocycles. The summed E-state index contributed by atoms with van der Waals surface area (Å²) in [6, 6.07) is 0. The van der Waals surface area contributed by atoms with E-state index >= 15 is 0 Å². The van der Waals surface area contributed by atoms with Crippen LogP contribution in [0, 0.1) is 5.92 Å². The summed E-state index contributed by atoms with van der Waals surface area (Å²) in [4.78, 5) is 0. The normalized spacial score (nSPS) is 17.3. The maximum atomic E-state index is 10.5. The molecule has 0 aliphatic rings. The highest BCUT2D eigenvalue weighted by molar-refractivity contribution is 6.74. The van der Waals surface area contributed by atoms with Gasteiger partial charge in [0.1, 0.15) is 0 Å². The Balaban J connectivity index is 4.52. The van der Waals surface area contributed by atoms with Gasteiger partial charge in [-0.15, -0.1) is 0 Å². The summed E-state index contributed by atoms with van der Waals surface area (Å²) in [6.45, 7) is 28.1. The minimum Gasteiger partial charge on any atom is -0.417 e. The van der Waals surface area contributed by atoms with Crippen molar-refractivity contribution >= 4 is 16.6 Å². The van der Waals surface area contributed by atoms with E-state index in [0.29, 0.717) is 6.61 Å². The van der Waals surface area contributed by atoms with Gasteiger partial charge in [0.05, 0.1) is 6.10 Å². The summed E-state index contributed by atoms with van der Waals surface area (Å²) in [5.41, 5.74) is 1.19. The fraction of sp³-hybridized carbons (Fsp3) is 0.905. The van der Waals surface area contributed by atoms with Crippen LogP contribution in [0.3, 0.4) is 0 Å². The van der Waals surface area contributed by atoms with Gasteiger partial charge >= 0.3 is 0 Å². The number of hydrogen-bond donors (Lipinski definition) is 1. The van der Waals surface area contributed by atoms with Gasteiger partial charge in [-0.3, -0.25) is 0 Å². The molecule has 0 bridgehead atoms. The van der Waals surface area contributed by atoms with Crippen LogP contribution in [0.25, 0.3) is 0 Å². The lowest BCUT2D eigenvalue weighted by molar-refractivity contribution is 0.114. The lowest BCUT2D eigenvalue weighted by atomic mass is 10.0. The van der Waals surface area contributed by atoms with Crippen LogP contribution < -0.4 is 0 Å². The Kier molecular flexibility index (Phi) is 9.52. The van der Waals surface area contributed by atoms with Gasteiger partial charge in [0.15, 0.2) is 16.6 Å². The average molecular weight is 403 g/mol. The molecule has 5 heteroatoms. The predicted molar refractivity (Wildman–Crippen MR) is 120 cm³/mol. The van der Waals surface area contributed by atoms with Crippen LogP contribution in [0.15, 0.2) is 11.6 Å². The third kappa shape index (κ3) is 8.38. The molecule has 0 rings (SSSR count). The molecule has 0 aromatic rings. The largest absolute Gasteiger partial charge is 0.417 e. The summed E-state index contributed by atoms with van der Waals surface area (Å²) >= 11 is 0. The zero-order valence-electron chi connectivity index (χ0n) is 19.6. The van der Waals surface area contributed by atoms with Gasteiger partial charge < -0.3 is 14.0 Å². The Morgan fingerprint density at radius 2 is 1.35 bits per heavy atom. The molecular weight excluding hydrogens is 356 g/mol. The molecular formula is C21H46O3Si2. The van der Waals surface area contributed by atoms with Crippen LogP contribution >= 0.6 is 0 Å². The molecule has 0 heterocycles. The first kappa shape index (κ1) is 26.1. The molecule has 0 aromatic heterocycles. The van der Waals surface area contributed by atoms with E-state index in [0.717, 1.165) is 13.0 Å². The first-order chi connectivity index (χ1) is 11.4. The summed E-state index contributed by atoms with van der Waals surface area (Å²) in [6.07, 6.45) is 2.39. The van der Waals surface area contributed by atoms with Crippen molar-refractivity contribution in [1.29, 1.82) is 0 Å². The van der Waals surface area contributed by atoms with E-state index in [4.69, 9.17) is 8.85 Å². The van der Waals surface area contributed by atoms with Crippen molar-refractivity contribution in [1.82, 2.24) is 0 Å². The third-order valence-corrected chi connectivity index (χ3v) is 15.4. The van der Waals surface area contributed by atoms with Gasteiger partial charge in [0.25, 0.3) is 0 Å². The summed E-state index contributed by atoms with van der Waals surface area (Å²) in [7, 11) is -3.45. The number of hydrogen-bond acceptors (Lipinski definition) is 3. The second kappa shape index (κ2) is 9.50.